The summed E-state index contributed by atoms with van der Waals surface area (Å²) in [5.74, 6) is -1.53. The number of carbonyl (C=O) groups is 3. The SMILES string of the molecule is CC1=C(CCCCN2CCN(C(=O)c3c(Cl)cccc3Cl)CC2)C(=O)N(c2ccc(C#N)c(C(F)(F)F)c2)C1=O. The quantitative estimate of drug-likeness (QED) is 0.304. The number of nitrogens with zero attached hydrogens (tertiary/aromatic N) is 4. The van der Waals surface area contributed by atoms with Crippen molar-refractivity contribution in [3.8, 4) is 6.07 Å². The molecule has 0 aliphatic carbocycles. The molecule has 0 unspecified atom stereocenters. The van der Waals surface area contributed by atoms with Gasteiger partial charge < -0.3 is 4.90 Å². The molecule has 0 N–H and O–H groups in total. The molecule has 4 rings (SSSR count). The second-order valence-corrected chi connectivity index (χ2v) is 10.4. The van der Waals surface area contributed by atoms with Crippen LogP contribution in [-0.4, -0.2) is 60.2 Å². The molecule has 0 aromatic heterocycles. The summed E-state index contributed by atoms with van der Waals surface area (Å²) in [7, 11) is 0. The Morgan fingerprint density at radius 2 is 1.65 bits per heavy atom. The summed E-state index contributed by atoms with van der Waals surface area (Å²) in [6, 6.07) is 9.21. The van der Waals surface area contributed by atoms with Crippen LogP contribution >= 0.6 is 23.2 Å². The van der Waals surface area contributed by atoms with E-state index >= 15 is 0 Å². The van der Waals surface area contributed by atoms with E-state index in [-0.39, 0.29) is 22.7 Å². The Morgan fingerprint density at radius 1 is 1.00 bits per heavy atom. The maximum Gasteiger partial charge on any atom is 0.417 e. The van der Waals surface area contributed by atoms with E-state index in [0.717, 1.165) is 23.9 Å². The molecule has 1 saturated heterocycles. The van der Waals surface area contributed by atoms with Gasteiger partial charge in [-0.15, -0.1) is 0 Å². The maximum atomic E-state index is 13.4. The van der Waals surface area contributed by atoms with E-state index < -0.39 is 29.1 Å². The third-order valence-electron chi connectivity index (χ3n) is 7.11. The van der Waals surface area contributed by atoms with Crippen molar-refractivity contribution in [2.24, 2.45) is 0 Å². The van der Waals surface area contributed by atoms with E-state index in [4.69, 9.17) is 28.5 Å². The number of piperazine rings is 1. The molecular formula is C28H25Cl2F3N4O3. The molecule has 3 amide bonds. The van der Waals surface area contributed by atoms with Crippen LogP contribution in [0.25, 0.3) is 0 Å². The number of alkyl halides is 3. The molecule has 12 heteroatoms. The van der Waals surface area contributed by atoms with Crippen LogP contribution in [0.1, 0.15) is 47.7 Å². The number of amides is 3. The molecule has 2 aliphatic rings. The molecule has 2 aliphatic heterocycles. The van der Waals surface area contributed by atoms with Crippen LogP contribution in [0.4, 0.5) is 18.9 Å². The van der Waals surface area contributed by atoms with Crippen molar-refractivity contribution in [2.45, 2.75) is 32.4 Å². The van der Waals surface area contributed by atoms with Gasteiger partial charge >= 0.3 is 6.18 Å². The van der Waals surface area contributed by atoms with E-state index in [2.05, 4.69) is 4.90 Å². The normalized spacial score (nSPS) is 16.6. The van der Waals surface area contributed by atoms with Gasteiger partial charge in [-0.2, -0.15) is 18.4 Å². The summed E-state index contributed by atoms with van der Waals surface area (Å²) in [6.45, 7) is 4.54. The molecule has 1 fully saturated rings. The largest absolute Gasteiger partial charge is 0.417 e. The van der Waals surface area contributed by atoms with E-state index in [1.54, 1.807) is 23.1 Å². The Bertz CT molecular complexity index is 1410. The molecular weight excluding hydrogens is 568 g/mol. The first-order chi connectivity index (χ1) is 18.9. The van der Waals surface area contributed by atoms with Gasteiger partial charge in [0, 0.05) is 37.3 Å². The molecule has 7 nitrogen and oxygen atoms in total. The molecule has 0 spiro atoms. The highest BCUT2D eigenvalue weighted by Crippen LogP contribution is 2.37. The number of imide groups is 1. The minimum Gasteiger partial charge on any atom is -0.336 e. The van der Waals surface area contributed by atoms with Gasteiger partial charge in [0.25, 0.3) is 17.7 Å². The molecule has 210 valence electrons. The highest BCUT2D eigenvalue weighted by Gasteiger charge is 2.39. The van der Waals surface area contributed by atoms with E-state index in [0.29, 0.717) is 60.7 Å². The van der Waals surface area contributed by atoms with Crippen molar-refractivity contribution in [3.63, 3.8) is 0 Å². The zero-order valence-electron chi connectivity index (χ0n) is 21.5. The number of hydrogen-bond donors (Lipinski definition) is 0. The zero-order valence-corrected chi connectivity index (χ0v) is 23.0. The minimum atomic E-state index is -4.81. The summed E-state index contributed by atoms with van der Waals surface area (Å²) in [5, 5.41) is 9.63. The predicted octanol–water partition coefficient (Wildman–Crippen LogP) is 5.70. The number of halogens is 5. The summed E-state index contributed by atoms with van der Waals surface area (Å²) in [5.41, 5.74) is -1.23. The van der Waals surface area contributed by atoms with Gasteiger partial charge in [0.2, 0.25) is 0 Å². The first-order valence-electron chi connectivity index (χ1n) is 12.6. The van der Waals surface area contributed by atoms with Gasteiger partial charge in [-0.3, -0.25) is 19.3 Å². The van der Waals surface area contributed by atoms with E-state index in [9.17, 15) is 27.6 Å². The van der Waals surface area contributed by atoms with Crippen molar-refractivity contribution in [1.82, 2.24) is 9.80 Å². The van der Waals surface area contributed by atoms with Crippen LogP contribution < -0.4 is 4.90 Å². The van der Waals surface area contributed by atoms with Crippen molar-refractivity contribution in [3.05, 3.63) is 74.3 Å². The predicted molar refractivity (Wildman–Crippen MR) is 144 cm³/mol. The summed E-state index contributed by atoms with van der Waals surface area (Å²) < 4.78 is 40.2. The monoisotopic (exact) mass is 592 g/mol. The van der Waals surface area contributed by atoms with Crippen molar-refractivity contribution in [2.75, 3.05) is 37.6 Å². The van der Waals surface area contributed by atoms with Crippen LogP contribution in [0.2, 0.25) is 10.0 Å². The van der Waals surface area contributed by atoms with Gasteiger partial charge in [-0.1, -0.05) is 29.3 Å². The lowest BCUT2D eigenvalue weighted by molar-refractivity contribution is -0.138. The smallest absolute Gasteiger partial charge is 0.336 e. The molecule has 2 aromatic rings. The maximum absolute atomic E-state index is 13.4. The van der Waals surface area contributed by atoms with Crippen molar-refractivity contribution in [1.29, 1.82) is 5.26 Å². The third kappa shape index (κ3) is 6.02. The summed E-state index contributed by atoms with van der Waals surface area (Å²) >= 11 is 12.3. The number of rotatable bonds is 7. The molecule has 40 heavy (non-hydrogen) atoms. The van der Waals surface area contributed by atoms with Gasteiger partial charge in [-0.25, -0.2) is 4.90 Å². The fraction of sp³-hybridized carbons (Fsp3) is 0.357. The summed E-state index contributed by atoms with van der Waals surface area (Å²) in [4.78, 5) is 43.4. The second-order valence-electron chi connectivity index (χ2n) is 9.58. The number of nitriles is 1. The van der Waals surface area contributed by atoms with Gasteiger partial charge in [0.1, 0.15) is 0 Å². The zero-order chi connectivity index (χ0) is 29.2. The molecule has 0 atom stereocenters. The molecule has 2 heterocycles. The van der Waals surface area contributed by atoms with Gasteiger partial charge in [0.05, 0.1) is 38.5 Å². The topological polar surface area (TPSA) is 84.7 Å². The lowest BCUT2D eigenvalue weighted by Gasteiger charge is -2.35. The minimum absolute atomic E-state index is 0.202. The lowest BCUT2D eigenvalue weighted by atomic mass is 10.0. The first kappa shape index (κ1) is 29.6. The standard InChI is InChI=1S/C28H25Cl2F3N4O3/c1-17-20(26(39)37(25(17)38)19-9-8-18(16-34)21(15-19)28(31,32)33)5-2-3-10-35-11-13-36(14-12-35)27(40)24-22(29)6-4-7-23(24)30/h4,6-9,15H,2-3,5,10-14H2,1H3. The van der Waals surface area contributed by atoms with Gasteiger partial charge in [0.15, 0.2) is 0 Å². The first-order valence-corrected chi connectivity index (χ1v) is 13.3. The average Bonchev–Trinajstić information content (AvgIpc) is 3.13. The van der Waals surface area contributed by atoms with Gasteiger partial charge in [-0.05, 0) is 63.1 Å². The Balaban J connectivity index is 1.30. The number of unbranched alkanes of at least 4 members (excludes halogenated alkanes) is 1. The summed E-state index contributed by atoms with van der Waals surface area (Å²) in [6.07, 6.45) is -3.19. The van der Waals surface area contributed by atoms with Crippen LogP contribution in [0.5, 0.6) is 0 Å². The Hall–Kier alpha value is -3.39. The van der Waals surface area contributed by atoms with Crippen LogP contribution in [-0.2, 0) is 15.8 Å². The molecule has 0 saturated carbocycles. The van der Waals surface area contributed by atoms with Crippen LogP contribution in [0.15, 0.2) is 47.5 Å². The van der Waals surface area contributed by atoms with Crippen molar-refractivity contribution >= 4 is 46.6 Å². The Morgan fingerprint density at radius 3 is 2.25 bits per heavy atom. The fourth-order valence-corrected chi connectivity index (χ4v) is 5.45. The molecule has 0 radical (unpaired) electrons. The van der Waals surface area contributed by atoms with E-state index in [1.165, 1.54) is 19.1 Å². The van der Waals surface area contributed by atoms with Crippen LogP contribution in [0.3, 0.4) is 0 Å². The molecule has 2 aromatic carbocycles. The molecule has 0 bridgehead atoms. The third-order valence-corrected chi connectivity index (χ3v) is 7.74. The second kappa shape index (κ2) is 12.0. The van der Waals surface area contributed by atoms with Crippen molar-refractivity contribution < 1.29 is 27.6 Å². The number of hydrogen-bond acceptors (Lipinski definition) is 5. The highest BCUT2D eigenvalue weighted by atomic mass is 35.5. The Labute approximate surface area is 239 Å². The van der Waals surface area contributed by atoms with E-state index in [1.807, 2.05) is 0 Å². The number of benzene rings is 2. The fourth-order valence-electron chi connectivity index (χ4n) is 4.89. The van der Waals surface area contributed by atoms with Crippen LogP contribution in [0, 0.1) is 11.3 Å². The highest BCUT2D eigenvalue weighted by molar-refractivity contribution is 6.39. The number of anilines is 1. The number of carbonyl (C=O) groups excluding carboxylic acids is 3. The Kier molecular flexibility index (Phi) is 8.88. The lowest BCUT2D eigenvalue weighted by Crippen LogP contribution is -2.48. The average molecular weight is 593 g/mol.